The van der Waals surface area contributed by atoms with Gasteiger partial charge in [-0.1, -0.05) is 0 Å². The molecule has 0 aliphatic rings. The van der Waals surface area contributed by atoms with Gasteiger partial charge in [0.1, 0.15) is 11.5 Å². The lowest BCUT2D eigenvalue weighted by Gasteiger charge is -2.13. The number of hydrogen-bond donors (Lipinski definition) is 2. The summed E-state index contributed by atoms with van der Waals surface area (Å²) < 4.78 is 10.9. The van der Waals surface area contributed by atoms with Crippen molar-refractivity contribution >= 4 is 24.0 Å². The summed E-state index contributed by atoms with van der Waals surface area (Å²) in [4.78, 5) is 11.6. The maximum absolute atomic E-state index is 11.6. The highest BCUT2D eigenvalue weighted by molar-refractivity contribution is 5.93. The highest BCUT2D eigenvalue weighted by atomic mass is 35.5. The van der Waals surface area contributed by atoms with E-state index in [1.54, 1.807) is 19.2 Å². The number of hydrogen-bond acceptors (Lipinski definition) is 4. The first-order valence-electron chi connectivity index (χ1n) is 6.05. The molecule has 0 unspecified atom stereocenters. The molecule has 5 nitrogen and oxygen atoms in total. The molecule has 0 fully saturated rings. The molecule has 0 heterocycles. The van der Waals surface area contributed by atoms with E-state index in [9.17, 15) is 4.79 Å². The Bertz CT molecular complexity index is 399. The molecule has 0 aliphatic heterocycles. The van der Waals surface area contributed by atoms with Crippen LogP contribution in [0.5, 0.6) is 11.5 Å². The minimum atomic E-state index is -0.118. The van der Waals surface area contributed by atoms with Crippen LogP contribution in [0.4, 0.5) is 5.69 Å². The lowest BCUT2D eigenvalue weighted by Crippen LogP contribution is -2.25. The fourth-order valence-electron chi connectivity index (χ4n) is 1.50. The molecule has 0 aromatic heterocycles. The van der Waals surface area contributed by atoms with Crippen molar-refractivity contribution < 1.29 is 14.3 Å². The summed E-state index contributed by atoms with van der Waals surface area (Å²) in [7, 11) is 1.72. The van der Waals surface area contributed by atoms with Crippen molar-refractivity contribution in [2.24, 2.45) is 0 Å². The highest BCUT2D eigenvalue weighted by Gasteiger charge is 2.09. The van der Waals surface area contributed by atoms with Gasteiger partial charge < -0.3 is 20.1 Å². The maximum atomic E-state index is 11.6. The van der Waals surface area contributed by atoms with Gasteiger partial charge in [-0.25, -0.2) is 0 Å². The molecule has 6 heteroatoms. The standard InChI is InChI=1S/C13H20N2O3.ClH/c1-4-17-10-6-7-12(18-5-2)11(8-10)15-13(16)9-14-3;/h6-8,14H,4-5,9H2,1-3H3,(H,15,16);1H. The van der Waals surface area contributed by atoms with Crippen LogP contribution in [0.15, 0.2) is 18.2 Å². The van der Waals surface area contributed by atoms with Gasteiger partial charge in [0.15, 0.2) is 0 Å². The van der Waals surface area contributed by atoms with E-state index in [-0.39, 0.29) is 24.9 Å². The number of benzene rings is 1. The van der Waals surface area contributed by atoms with Crippen LogP contribution in [0, 0.1) is 0 Å². The van der Waals surface area contributed by atoms with Crippen molar-refractivity contribution in [3.05, 3.63) is 18.2 Å². The topological polar surface area (TPSA) is 59.6 Å². The van der Waals surface area contributed by atoms with Gasteiger partial charge in [-0.2, -0.15) is 0 Å². The summed E-state index contributed by atoms with van der Waals surface area (Å²) in [6.45, 7) is 5.19. The molecule has 19 heavy (non-hydrogen) atoms. The van der Waals surface area contributed by atoms with Crippen molar-refractivity contribution in [2.45, 2.75) is 13.8 Å². The molecule has 108 valence electrons. The van der Waals surface area contributed by atoms with Gasteiger partial charge in [0.25, 0.3) is 0 Å². The van der Waals surface area contributed by atoms with Gasteiger partial charge in [-0.05, 0) is 33.0 Å². The minimum absolute atomic E-state index is 0. The summed E-state index contributed by atoms with van der Waals surface area (Å²) in [5.74, 6) is 1.23. The molecule has 2 N–H and O–H groups in total. The molecule has 0 saturated heterocycles. The lowest BCUT2D eigenvalue weighted by atomic mass is 10.2. The first-order valence-corrected chi connectivity index (χ1v) is 6.05. The zero-order chi connectivity index (χ0) is 13.4. The van der Waals surface area contributed by atoms with Crippen molar-refractivity contribution in [1.29, 1.82) is 0 Å². The van der Waals surface area contributed by atoms with Crippen LogP contribution in [-0.2, 0) is 4.79 Å². The molecule has 0 spiro atoms. The second-order valence-electron chi connectivity index (χ2n) is 3.60. The third-order valence-electron chi connectivity index (χ3n) is 2.17. The molecule has 0 bridgehead atoms. The smallest absolute Gasteiger partial charge is 0.238 e. The first-order chi connectivity index (χ1) is 8.71. The van der Waals surface area contributed by atoms with E-state index in [0.29, 0.717) is 30.4 Å². The number of amides is 1. The van der Waals surface area contributed by atoms with Crippen molar-refractivity contribution in [3.63, 3.8) is 0 Å². The van der Waals surface area contributed by atoms with Crippen molar-refractivity contribution in [2.75, 3.05) is 32.1 Å². The van der Waals surface area contributed by atoms with Crippen LogP contribution in [0.3, 0.4) is 0 Å². The largest absolute Gasteiger partial charge is 0.494 e. The van der Waals surface area contributed by atoms with E-state index in [2.05, 4.69) is 10.6 Å². The summed E-state index contributed by atoms with van der Waals surface area (Å²) in [5, 5.41) is 5.58. The van der Waals surface area contributed by atoms with Crippen LogP contribution in [0.2, 0.25) is 0 Å². The number of likely N-dealkylation sites (N-methyl/N-ethyl adjacent to an activating group) is 1. The fourth-order valence-corrected chi connectivity index (χ4v) is 1.50. The van der Waals surface area contributed by atoms with E-state index in [0.717, 1.165) is 0 Å². The molecule has 0 atom stereocenters. The average molecular weight is 289 g/mol. The Hall–Kier alpha value is -1.46. The van der Waals surface area contributed by atoms with Crippen molar-refractivity contribution in [1.82, 2.24) is 5.32 Å². The summed E-state index contributed by atoms with van der Waals surface area (Å²) in [6.07, 6.45) is 0. The maximum Gasteiger partial charge on any atom is 0.238 e. The van der Waals surface area contributed by atoms with E-state index in [1.165, 1.54) is 0 Å². The molecule has 0 saturated carbocycles. The zero-order valence-corrected chi connectivity index (χ0v) is 12.3. The molecule has 1 aromatic rings. The Labute approximate surface area is 120 Å². The fraction of sp³-hybridized carbons (Fsp3) is 0.462. The van der Waals surface area contributed by atoms with Gasteiger partial charge in [0.2, 0.25) is 5.91 Å². The van der Waals surface area contributed by atoms with Crippen LogP contribution in [-0.4, -0.2) is 32.7 Å². The Balaban J connectivity index is 0.00000324. The normalized spacial score (nSPS) is 9.42. The number of ether oxygens (including phenoxy) is 2. The van der Waals surface area contributed by atoms with Gasteiger partial charge in [0, 0.05) is 6.07 Å². The second kappa shape index (κ2) is 9.47. The van der Waals surface area contributed by atoms with Crippen LogP contribution in [0.1, 0.15) is 13.8 Å². The van der Waals surface area contributed by atoms with Gasteiger partial charge in [0.05, 0.1) is 25.4 Å². The highest BCUT2D eigenvalue weighted by Crippen LogP contribution is 2.29. The SMILES string of the molecule is CCOc1ccc(OCC)c(NC(=O)CNC)c1.Cl. The summed E-state index contributed by atoms with van der Waals surface area (Å²) in [5.41, 5.74) is 0.628. The number of halogens is 1. The number of carbonyl (C=O) groups is 1. The summed E-state index contributed by atoms with van der Waals surface area (Å²) in [6, 6.07) is 5.38. The molecule has 1 aromatic carbocycles. The monoisotopic (exact) mass is 288 g/mol. The van der Waals surface area contributed by atoms with Crippen LogP contribution >= 0.6 is 12.4 Å². The Morgan fingerprint density at radius 1 is 1.21 bits per heavy atom. The molecule has 0 radical (unpaired) electrons. The van der Waals surface area contributed by atoms with Gasteiger partial charge >= 0.3 is 0 Å². The Morgan fingerprint density at radius 3 is 2.47 bits per heavy atom. The average Bonchev–Trinajstić information content (AvgIpc) is 2.33. The van der Waals surface area contributed by atoms with E-state index >= 15 is 0 Å². The third-order valence-corrected chi connectivity index (χ3v) is 2.17. The number of rotatable bonds is 7. The minimum Gasteiger partial charge on any atom is -0.494 e. The molecule has 0 aliphatic carbocycles. The van der Waals surface area contributed by atoms with E-state index < -0.39 is 0 Å². The quantitative estimate of drug-likeness (QED) is 0.806. The van der Waals surface area contributed by atoms with E-state index in [1.807, 2.05) is 19.9 Å². The Morgan fingerprint density at radius 2 is 1.89 bits per heavy atom. The number of carbonyl (C=O) groups excluding carboxylic acids is 1. The summed E-state index contributed by atoms with van der Waals surface area (Å²) >= 11 is 0. The lowest BCUT2D eigenvalue weighted by molar-refractivity contribution is -0.115. The number of nitrogens with one attached hydrogen (secondary N) is 2. The number of anilines is 1. The van der Waals surface area contributed by atoms with Crippen LogP contribution < -0.4 is 20.1 Å². The Kier molecular flexibility index (Phi) is 8.74. The molecule has 1 rings (SSSR count). The van der Waals surface area contributed by atoms with Crippen LogP contribution in [0.25, 0.3) is 0 Å². The third kappa shape index (κ3) is 5.81. The second-order valence-corrected chi connectivity index (χ2v) is 3.60. The van der Waals surface area contributed by atoms with E-state index in [4.69, 9.17) is 9.47 Å². The van der Waals surface area contributed by atoms with Gasteiger partial charge in [-0.3, -0.25) is 4.79 Å². The predicted molar refractivity (Wildman–Crippen MR) is 78.6 cm³/mol. The predicted octanol–water partition coefficient (Wildman–Crippen LogP) is 2.06. The molecule has 1 amide bonds. The molecular weight excluding hydrogens is 268 g/mol. The first kappa shape index (κ1) is 17.5. The van der Waals surface area contributed by atoms with Gasteiger partial charge in [-0.15, -0.1) is 12.4 Å². The van der Waals surface area contributed by atoms with Crippen molar-refractivity contribution in [3.8, 4) is 11.5 Å². The molecular formula is C13H21ClN2O3. The zero-order valence-electron chi connectivity index (χ0n) is 11.5.